The number of hydrogen-bond donors (Lipinski definition) is 1. The minimum atomic E-state index is -0.611. The summed E-state index contributed by atoms with van der Waals surface area (Å²) in [6, 6.07) is 14.7. The molecule has 0 heterocycles. The molecular formula is C20H22Cl2N2O2. The summed E-state index contributed by atoms with van der Waals surface area (Å²) in [4.78, 5) is 26.3. The first-order valence-electron chi connectivity index (χ1n) is 8.45. The zero-order chi connectivity index (χ0) is 19.1. The quantitative estimate of drug-likeness (QED) is 0.752. The molecule has 0 spiro atoms. The number of nitrogens with one attached hydrogen (secondary N) is 1. The van der Waals surface area contributed by atoms with Gasteiger partial charge in [-0.25, -0.2) is 0 Å². The van der Waals surface area contributed by atoms with Crippen molar-refractivity contribution in [2.45, 2.75) is 32.9 Å². The Bertz CT molecular complexity index is 764. The summed E-state index contributed by atoms with van der Waals surface area (Å²) < 4.78 is 0. The van der Waals surface area contributed by atoms with E-state index in [-0.39, 0.29) is 6.04 Å². The van der Waals surface area contributed by atoms with Gasteiger partial charge in [0.2, 0.25) is 0 Å². The Morgan fingerprint density at radius 2 is 1.77 bits per heavy atom. The Kier molecular flexibility index (Phi) is 7.49. The number of hydrogen-bond acceptors (Lipinski definition) is 2. The first kappa shape index (κ1) is 20.3. The Labute approximate surface area is 164 Å². The molecule has 0 bridgehead atoms. The number of rotatable bonds is 6. The first-order chi connectivity index (χ1) is 12.4. The van der Waals surface area contributed by atoms with E-state index in [1.807, 2.05) is 50.2 Å². The lowest BCUT2D eigenvalue weighted by Gasteiger charge is -2.26. The van der Waals surface area contributed by atoms with Crippen LogP contribution in [0.1, 0.15) is 25.0 Å². The van der Waals surface area contributed by atoms with Crippen LogP contribution in [0.2, 0.25) is 10.0 Å². The lowest BCUT2D eigenvalue weighted by atomic mass is 10.1. The number of benzene rings is 2. The van der Waals surface area contributed by atoms with Crippen molar-refractivity contribution in [3.05, 3.63) is 69.7 Å². The van der Waals surface area contributed by atoms with Gasteiger partial charge < -0.3 is 10.2 Å². The van der Waals surface area contributed by atoms with E-state index in [2.05, 4.69) is 5.32 Å². The molecule has 0 aliphatic carbocycles. The van der Waals surface area contributed by atoms with Gasteiger partial charge in [0.15, 0.2) is 0 Å². The van der Waals surface area contributed by atoms with Crippen LogP contribution in [0, 0.1) is 0 Å². The summed E-state index contributed by atoms with van der Waals surface area (Å²) in [5.74, 6) is -1.15. The second-order valence-corrected chi connectivity index (χ2v) is 7.10. The Hall–Kier alpha value is -2.04. The first-order valence-corrected chi connectivity index (χ1v) is 9.20. The highest BCUT2D eigenvalue weighted by Gasteiger charge is 2.24. The molecule has 0 radical (unpaired) electrons. The minimum Gasteiger partial charge on any atom is -0.347 e. The van der Waals surface area contributed by atoms with E-state index in [1.165, 1.54) is 0 Å². The van der Waals surface area contributed by atoms with Gasteiger partial charge in [-0.3, -0.25) is 9.59 Å². The lowest BCUT2D eigenvalue weighted by molar-refractivity contribution is -0.147. The normalized spacial score (nSPS) is 10.7. The molecule has 6 heteroatoms. The summed E-state index contributed by atoms with van der Waals surface area (Å²) >= 11 is 12.0. The highest BCUT2D eigenvalue weighted by atomic mass is 35.5. The maximum Gasteiger partial charge on any atom is 0.312 e. The third-order valence-electron chi connectivity index (χ3n) is 3.97. The van der Waals surface area contributed by atoms with Crippen molar-refractivity contribution in [3.63, 3.8) is 0 Å². The number of nitrogens with zero attached hydrogens (tertiary/aromatic N) is 1. The van der Waals surface area contributed by atoms with Gasteiger partial charge in [-0.2, -0.15) is 0 Å². The van der Waals surface area contributed by atoms with Crippen molar-refractivity contribution < 1.29 is 9.59 Å². The maximum atomic E-state index is 12.5. The van der Waals surface area contributed by atoms with E-state index in [1.54, 1.807) is 17.0 Å². The van der Waals surface area contributed by atoms with E-state index >= 15 is 0 Å². The van der Waals surface area contributed by atoms with Crippen LogP contribution in [0.5, 0.6) is 0 Å². The number of carbonyl (C=O) groups is 2. The van der Waals surface area contributed by atoms with E-state index in [4.69, 9.17) is 23.2 Å². The smallest absolute Gasteiger partial charge is 0.312 e. The monoisotopic (exact) mass is 392 g/mol. The predicted octanol–water partition coefficient (Wildman–Crippen LogP) is 4.09. The molecule has 138 valence electrons. The van der Waals surface area contributed by atoms with Gasteiger partial charge >= 0.3 is 11.8 Å². The zero-order valence-electron chi connectivity index (χ0n) is 14.8. The van der Waals surface area contributed by atoms with Crippen molar-refractivity contribution in [3.8, 4) is 0 Å². The van der Waals surface area contributed by atoms with Crippen molar-refractivity contribution in [2.24, 2.45) is 0 Å². The van der Waals surface area contributed by atoms with Crippen LogP contribution < -0.4 is 5.32 Å². The van der Waals surface area contributed by atoms with Crippen molar-refractivity contribution in [1.82, 2.24) is 10.2 Å². The van der Waals surface area contributed by atoms with Crippen molar-refractivity contribution in [1.29, 1.82) is 0 Å². The fraction of sp³-hybridized carbons (Fsp3) is 0.300. The van der Waals surface area contributed by atoms with Crippen LogP contribution in [0.15, 0.2) is 48.5 Å². The van der Waals surface area contributed by atoms with Gasteiger partial charge in [0, 0.05) is 29.2 Å². The molecule has 26 heavy (non-hydrogen) atoms. The predicted molar refractivity (Wildman–Crippen MR) is 105 cm³/mol. The second kappa shape index (κ2) is 9.60. The van der Waals surface area contributed by atoms with Gasteiger partial charge in [-0.15, -0.1) is 0 Å². The third kappa shape index (κ3) is 5.75. The molecule has 2 rings (SSSR count). The van der Waals surface area contributed by atoms with Gasteiger partial charge in [-0.05, 0) is 43.5 Å². The molecular weight excluding hydrogens is 371 g/mol. The van der Waals surface area contributed by atoms with Crippen LogP contribution >= 0.6 is 23.2 Å². The Balaban J connectivity index is 1.92. The van der Waals surface area contributed by atoms with Crippen LogP contribution in [-0.2, 0) is 22.6 Å². The SMILES string of the molecule is CC(C)N(Cc1ccccc1)C(=O)C(=O)NCCc1ccc(Cl)cc1Cl. The lowest BCUT2D eigenvalue weighted by Crippen LogP contribution is -2.46. The fourth-order valence-corrected chi connectivity index (χ4v) is 3.01. The summed E-state index contributed by atoms with van der Waals surface area (Å²) in [5.41, 5.74) is 1.85. The highest BCUT2D eigenvalue weighted by molar-refractivity contribution is 6.35. The van der Waals surface area contributed by atoms with E-state index in [0.717, 1.165) is 11.1 Å². The average molecular weight is 393 g/mol. The molecule has 2 aromatic rings. The molecule has 0 saturated carbocycles. The summed E-state index contributed by atoms with van der Waals surface area (Å²) in [5, 5.41) is 3.78. The van der Waals surface area contributed by atoms with Crippen molar-refractivity contribution in [2.75, 3.05) is 6.54 Å². The third-order valence-corrected chi connectivity index (χ3v) is 4.56. The van der Waals surface area contributed by atoms with Crippen LogP contribution in [0.25, 0.3) is 0 Å². The molecule has 0 aliphatic rings. The second-order valence-electron chi connectivity index (χ2n) is 6.25. The number of amides is 2. The molecule has 0 fully saturated rings. The molecule has 0 unspecified atom stereocenters. The van der Waals surface area contributed by atoms with Crippen LogP contribution in [0.4, 0.5) is 0 Å². The molecule has 2 aromatic carbocycles. The summed E-state index contributed by atoms with van der Waals surface area (Å²) in [6.07, 6.45) is 0.523. The highest BCUT2D eigenvalue weighted by Crippen LogP contribution is 2.21. The molecule has 0 aromatic heterocycles. The standard InChI is InChI=1S/C20H22Cl2N2O2/c1-14(2)24(13-15-6-4-3-5-7-15)20(26)19(25)23-11-10-16-8-9-17(21)12-18(16)22/h3-9,12,14H,10-11,13H2,1-2H3,(H,23,25). The van der Waals surface area contributed by atoms with Crippen LogP contribution in [-0.4, -0.2) is 29.3 Å². The zero-order valence-corrected chi connectivity index (χ0v) is 16.3. The molecule has 0 aliphatic heterocycles. The molecule has 4 nitrogen and oxygen atoms in total. The summed E-state index contributed by atoms with van der Waals surface area (Å²) in [6.45, 7) is 4.50. The van der Waals surface area contributed by atoms with Gasteiger partial charge in [0.1, 0.15) is 0 Å². The largest absolute Gasteiger partial charge is 0.347 e. The Morgan fingerprint density at radius 1 is 1.08 bits per heavy atom. The van der Waals surface area contributed by atoms with Crippen LogP contribution in [0.3, 0.4) is 0 Å². The average Bonchev–Trinajstić information content (AvgIpc) is 2.61. The number of halogens is 2. The van der Waals surface area contributed by atoms with E-state index in [0.29, 0.717) is 29.6 Å². The van der Waals surface area contributed by atoms with E-state index in [9.17, 15) is 9.59 Å². The Morgan fingerprint density at radius 3 is 2.38 bits per heavy atom. The summed E-state index contributed by atoms with van der Waals surface area (Å²) in [7, 11) is 0. The van der Waals surface area contributed by atoms with Gasteiger partial charge in [0.25, 0.3) is 0 Å². The molecule has 2 amide bonds. The van der Waals surface area contributed by atoms with Gasteiger partial charge in [0.05, 0.1) is 0 Å². The molecule has 0 saturated heterocycles. The van der Waals surface area contributed by atoms with Crippen molar-refractivity contribution >= 4 is 35.0 Å². The number of carbonyl (C=O) groups excluding carboxylic acids is 2. The topological polar surface area (TPSA) is 49.4 Å². The van der Waals surface area contributed by atoms with E-state index < -0.39 is 11.8 Å². The fourth-order valence-electron chi connectivity index (χ4n) is 2.51. The maximum absolute atomic E-state index is 12.5. The molecule has 0 atom stereocenters. The molecule has 1 N–H and O–H groups in total. The minimum absolute atomic E-state index is 0.0841. The van der Waals surface area contributed by atoms with Gasteiger partial charge in [-0.1, -0.05) is 59.6 Å².